The topological polar surface area (TPSA) is 62.5 Å². The van der Waals surface area contributed by atoms with E-state index in [2.05, 4.69) is 34.9 Å². The Hall–Kier alpha value is -1.99. The minimum atomic E-state index is 0. The molecule has 32 heavy (non-hydrogen) atoms. The van der Waals surface area contributed by atoms with Gasteiger partial charge in [-0.1, -0.05) is 37.2 Å². The number of hydrogen-bond donors (Lipinski definition) is 1. The quantitative estimate of drug-likeness (QED) is 0.459. The summed E-state index contributed by atoms with van der Waals surface area (Å²) in [7, 11) is 4.34. The maximum Gasteiger partial charge on any atom is 0.173 e. The maximum atomic E-state index is 12.8. The monoisotopic (exact) mass is 472 g/mol. The molecule has 2 N–H and O–H groups in total. The Morgan fingerprint density at radius 2 is 2.03 bits per heavy atom. The third-order valence-electron chi connectivity index (χ3n) is 6.24. The van der Waals surface area contributed by atoms with Crippen LogP contribution in [0.5, 0.6) is 0 Å². The number of pyridine rings is 1. The fraction of sp³-hybridized carbons (Fsp3) is 0.440. The maximum absolute atomic E-state index is 12.8. The second-order valence-corrected chi connectivity index (χ2v) is 10.1. The molecule has 7 heteroatoms. The van der Waals surface area contributed by atoms with Crippen LogP contribution in [-0.2, 0) is 13.0 Å². The molecule has 172 valence electrons. The van der Waals surface area contributed by atoms with E-state index >= 15 is 0 Å². The normalized spacial score (nSPS) is 15.2. The van der Waals surface area contributed by atoms with Crippen LogP contribution in [0, 0.1) is 0 Å². The number of benzene rings is 1. The fourth-order valence-corrected chi connectivity index (χ4v) is 5.66. The van der Waals surface area contributed by atoms with E-state index < -0.39 is 0 Å². The van der Waals surface area contributed by atoms with Gasteiger partial charge < -0.3 is 10.6 Å². The van der Waals surface area contributed by atoms with E-state index in [1.807, 2.05) is 24.3 Å². The second-order valence-electron chi connectivity index (χ2n) is 8.51. The predicted molar refractivity (Wildman–Crippen MR) is 137 cm³/mol. The molecular formula is C25H33ClN4OS. The number of nitrogens with two attached hydrogens (primary N) is 1. The van der Waals surface area contributed by atoms with Crippen LogP contribution in [0.25, 0.3) is 10.8 Å². The van der Waals surface area contributed by atoms with Crippen molar-refractivity contribution in [3.63, 3.8) is 0 Å². The minimum absolute atomic E-state index is 0. The van der Waals surface area contributed by atoms with Gasteiger partial charge in [-0.05, 0) is 69.5 Å². The van der Waals surface area contributed by atoms with Gasteiger partial charge in [-0.3, -0.25) is 9.69 Å². The van der Waals surface area contributed by atoms with Crippen LogP contribution >= 0.6 is 22.9 Å². The Labute approximate surface area is 200 Å². The smallest absolute Gasteiger partial charge is 0.173 e. The first kappa shape index (κ1) is 24.6. The average molecular weight is 473 g/mol. The van der Waals surface area contributed by atoms with E-state index in [9.17, 15) is 4.79 Å². The number of nitrogens with zero attached hydrogens (tertiary/aromatic N) is 3. The minimum Gasteiger partial charge on any atom is -0.383 e. The third kappa shape index (κ3) is 5.67. The third-order valence-corrected chi connectivity index (χ3v) is 7.85. The number of carbonyl (C=O) groups excluding carboxylic acids is 1. The lowest BCUT2D eigenvalue weighted by molar-refractivity contribution is 0.0986. The van der Waals surface area contributed by atoms with Crippen molar-refractivity contribution in [3.8, 4) is 0 Å². The number of piperidine rings is 1. The summed E-state index contributed by atoms with van der Waals surface area (Å²) in [6.45, 7) is 3.06. The molecule has 1 fully saturated rings. The highest BCUT2D eigenvalue weighted by atomic mass is 35.5. The summed E-state index contributed by atoms with van der Waals surface area (Å²) in [6, 6.07) is 10.5. The molecule has 5 nitrogen and oxygen atoms in total. The Bertz CT molecular complexity index is 1070. The number of anilines is 1. The molecule has 4 rings (SSSR count). The summed E-state index contributed by atoms with van der Waals surface area (Å²) in [5, 5.41) is 2.71. The van der Waals surface area contributed by atoms with Gasteiger partial charge in [0.05, 0.1) is 9.90 Å². The molecule has 3 aromatic rings. The summed E-state index contributed by atoms with van der Waals surface area (Å²) in [6.07, 6.45) is 5.22. The van der Waals surface area contributed by atoms with Crippen LogP contribution < -0.4 is 5.73 Å². The lowest BCUT2D eigenvalue weighted by Gasteiger charge is -2.34. The number of halogens is 1. The molecule has 0 radical (unpaired) electrons. The first-order valence-electron chi connectivity index (χ1n) is 10.7. The SMILES string of the molecule is C.CN1CCC(N(C)Cc2sc(C(=O)CCc3ccc4c(N)nccc4c3)cc2Cl)CC1. The lowest BCUT2D eigenvalue weighted by Crippen LogP contribution is -2.41. The van der Waals surface area contributed by atoms with Crippen LogP contribution in [0.1, 0.15) is 46.8 Å². The van der Waals surface area contributed by atoms with Crippen molar-refractivity contribution >= 4 is 45.3 Å². The highest BCUT2D eigenvalue weighted by molar-refractivity contribution is 7.14. The summed E-state index contributed by atoms with van der Waals surface area (Å²) in [4.78, 5) is 23.5. The lowest BCUT2D eigenvalue weighted by atomic mass is 10.0. The number of Topliss-reactive ketones (excluding diaryl/α,β-unsaturated/α-hetero) is 1. The van der Waals surface area contributed by atoms with Crippen molar-refractivity contribution < 1.29 is 4.79 Å². The molecule has 0 amide bonds. The number of aromatic nitrogens is 1. The molecule has 0 unspecified atom stereocenters. The number of rotatable bonds is 7. The Morgan fingerprint density at radius 3 is 2.78 bits per heavy atom. The number of nitrogen functional groups attached to an aromatic ring is 1. The highest BCUT2D eigenvalue weighted by Crippen LogP contribution is 2.31. The van der Waals surface area contributed by atoms with Gasteiger partial charge in [-0.15, -0.1) is 11.3 Å². The highest BCUT2D eigenvalue weighted by Gasteiger charge is 2.22. The van der Waals surface area contributed by atoms with Crippen LogP contribution in [0.3, 0.4) is 0 Å². The number of hydrogen-bond acceptors (Lipinski definition) is 6. The molecule has 3 heterocycles. The molecule has 1 aliphatic rings. The van der Waals surface area contributed by atoms with Crippen molar-refractivity contribution in [1.29, 1.82) is 0 Å². The largest absolute Gasteiger partial charge is 0.383 e. The average Bonchev–Trinajstić information content (AvgIpc) is 3.13. The zero-order valence-electron chi connectivity index (χ0n) is 18.1. The van der Waals surface area contributed by atoms with Crippen LogP contribution in [-0.4, -0.2) is 53.8 Å². The van der Waals surface area contributed by atoms with Crippen LogP contribution in [0.4, 0.5) is 5.82 Å². The number of fused-ring (bicyclic) bond motifs is 1. The first-order valence-corrected chi connectivity index (χ1v) is 11.9. The van der Waals surface area contributed by atoms with Gasteiger partial charge in [0, 0.05) is 35.5 Å². The van der Waals surface area contributed by atoms with E-state index in [-0.39, 0.29) is 13.2 Å². The van der Waals surface area contributed by atoms with Crippen molar-refractivity contribution in [2.24, 2.45) is 0 Å². The summed E-state index contributed by atoms with van der Waals surface area (Å²) in [5.74, 6) is 0.681. The van der Waals surface area contributed by atoms with Crippen molar-refractivity contribution in [3.05, 3.63) is 56.9 Å². The predicted octanol–water partition coefficient (Wildman–Crippen LogP) is 5.51. The standard InChI is InChI=1S/C24H29ClN4OS.CH4/c1-28-11-8-18(9-12-28)29(2)15-23-20(25)14-22(31-23)21(30)6-4-16-3-5-19-17(13-16)7-10-27-24(19)26;/h3,5,7,10,13-14,18H,4,6,8-9,11-12,15H2,1-2H3,(H2,26,27);1H4. The Kier molecular flexibility index (Phi) is 8.28. The molecule has 2 aromatic heterocycles. The van der Waals surface area contributed by atoms with E-state index in [1.54, 1.807) is 17.5 Å². The number of aryl methyl sites for hydroxylation is 1. The molecule has 1 aliphatic heterocycles. The van der Waals surface area contributed by atoms with Gasteiger partial charge in [0.2, 0.25) is 0 Å². The van der Waals surface area contributed by atoms with Crippen molar-refractivity contribution in [1.82, 2.24) is 14.8 Å². The molecule has 0 bridgehead atoms. The number of ketones is 1. The molecular weight excluding hydrogens is 440 g/mol. The van der Waals surface area contributed by atoms with Crippen LogP contribution in [0.2, 0.25) is 5.02 Å². The zero-order valence-corrected chi connectivity index (χ0v) is 19.7. The van der Waals surface area contributed by atoms with Gasteiger partial charge in [0.25, 0.3) is 0 Å². The van der Waals surface area contributed by atoms with Crippen molar-refractivity contribution in [2.45, 2.75) is 45.7 Å². The number of likely N-dealkylation sites (tertiary alicyclic amines) is 1. The first-order chi connectivity index (χ1) is 14.9. The van der Waals surface area contributed by atoms with Gasteiger partial charge in [0.1, 0.15) is 5.82 Å². The van der Waals surface area contributed by atoms with Crippen molar-refractivity contribution in [2.75, 3.05) is 32.9 Å². The zero-order chi connectivity index (χ0) is 22.0. The van der Waals surface area contributed by atoms with E-state index in [1.165, 1.54) is 12.8 Å². The van der Waals surface area contributed by atoms with Gasteiger partial charge >= 0.3 is 0 Å². The molecule has 1 aromatic carbocycles. The fourth-order valence-electron chi connectivity index (χ4n) is 4.23. The number of carbonyl (C=O) groups is 1. The number of thiophene rings is 1. The van der Waals surface area contributed by atoms with E-state index in [0.29, 0.717) is 29.7 Å². The molecule has 0 aliphatic carbocycles. The van der Waals surface area contributed by atoms with E-state index in [0.717, 1.165) is 45.7 Å². The Morgan fingerprint density at radius 1 is 1.28 bits per heavy atom. The van der Waals surface area contributed by atoms with Crippen LogP contribution in [0.15, 0.2) is 36.5 Å². The molecule has 0 saturated carbocycles. The van der Waals surface area contributed by atoms with Gasteiger partial charge in [-0.2, -0.15) is 0 Å². The second kappa shape index (κ2) is 10.8. The summed E-state index contributed by atoms with van der Waals surface area (Å²) in [5.41, 5.74) is 7.05. The summed E-state index contributed by atoms with van der Waals surface area (Å²) >= 11 is 8.04. The molecule has 1 saturated heterocycles. The van der Waals surface area contributed by atoms with Gasteiger partial charge in [0.15, 0.2) is 5.78 Å². The molecule has 0 spiro atoms. The summed E-state index contributed by atoms with van der Waals surface area (Å²) < 4.78 is 0. The van der Waals surface area contributed by atoms with E-state index in [4.69, 9.17) is 17.3 Å². The Balaban J connectivity index is 0.00000289. The van der Waals surface area contributed by atoms with Gasteiger partial charge in [-0.25, -0.2) is 4.98 Å². The molecule has 0 atom stereocenters.